The molecule has 0 saturated carbocycles. The molecule has 0 saturated heterocycles. The fraction of sp³-hybridized carbons (Fsp3) is 0.385. The van der Waals surface area contributed by atoms with Crippen LogP contribution in [0, 0.1) is 11.6 Å². The minimum Gasteiger partial charge on any atom is -0.313 e. The standard InChI is InChI=1S/C13H17F2N/c1-3-4-5-6-13(16-2)10-7-11(14)9-12(15)8-10/h3,7-9,13,16H,1,4-6H2,2H3. The Hall–Kier alpha value is -1.22. The zero-order valence-corrected chi connectivity index (χ0v) is 9.47. The number of hydrogen-bond donors (Lipinski definition) is 1. The molecule has 3 heteroatoms. The Morgan fingerprint density at radius 3 is 2.44 bits per heavy atom. The molecule has 0 aromatic heterocycles. The van der Waals surface area contributed by atoms with Crippen LogP contribution >= 0.6 is 0 Å². The highest BCUT2D eigenvalue weighted by Gasteiger charge is 2.10. The quantitative estimate of drug-likeness (QED) is 0.576. The first-order chi connectivity index (χ1) is 7.67. The maximum atomic E-state index is 13.0. The number of rotatable bonds is 6. The lowest BCUT2D eigenvalue weighted by Gasteiger charge is -2.16. The Morgan fingerprint density at radius 2 is 1.94 bits per heavy atom. The van der Waals surface area contributed by atoms with Gasteiger partial charge in [0.05, 0.1) is 0 Å². The van der Waals surface area contributed by atoms with Crippen LogP contribution in [0.15, 0.2) is 30.9 Å². The molecule has 0 aliphatic heterocycles. The monoisotopic (exact) mass is 225 g/mol. The SMILES string of the molecule is C=CCCCC(NC)c1cc(F)cc(F)c1. The highest BCUT2D eigenvalue weighted by atomic mass is 19.1. The van der Waals surface area contributed by atoms with Crippen molar-refractivity contribution in [2.24, 2.45) is 0 Å². The first kappa shape index (κ1) is 12.8. The van der Waals surface area contributed by atoms with Gasteiger partial charge in [-0.3, -0.25) is 0 Å². The van der Waals surface area contributed by atoms with Crippen LogP contribution < -0.4 is 5.32 Å². The van der Waals surface area contributed by atoms with E-state index in [9.17, 15) is 8.78 Å². The minimum atomic E-state index is -0.529. The second kappa shape index (κ2) is 6.38. The van der Waals surface area contributed by atoms with E-state index in [-0.39, 0.29) is 6.04 Å². The lowest BCUT2D eigenvalue weighted by Crippen LogP contribution is -2.16. The van der Waals surface area contributed by atoms with Gasteiger partial charge in [-0.25, -0.2) is 8.78 Å². The van der Waals surface area contributed by atoms with Crippen molar-refractivity contribution < 1.29 is 8.78 Å². The van der Waals surface area contributed by atoms with Gasteiger partial charge in [0, 0.05) is 12.1 Å². The Balaban J connectivity index is 2.73. The van der Waals surface area contributed by atoms with Crippen molar-refractivity contribution in [3.8, 4) is 0 Å². The van der Waals surface area contributed by atoms with Gasteiger partial charge in [0.25, 0.3) is 0 Å². The zero-order valence-electron chi connectivity index (χ0n) is 9.47. The van der Waals surface area contributed by atoms with Crippen molar-refractivity contribution in [3.63, 3.8) is 0 Å². The third-order valence-corrected chi connectivity index (χ3v) is 2.54. The van der Waals surface area contributed by atoms with Crippen molar-refractivity contribution in [2.45, 2.75) is 25.3 Å². The van der Waals surface area contributed by atoms with Crippen LogP contribution in [-0.2, 0) is 0 Å². The van der Waals surface area contributed by atoms with Gasteiger partial charge in [0.2, 0.25) is 0 Å². The lowest BCUT2D eigenvalue weighted by atomic mass is 10.0. The molecule has 88 valence electrons. The summed E-state index contributed by atoms with van der Waals surface area (Å²) < 4.78 is 26.1. The normalized spacial score (nSPS) is 12.4. The molecule has 0 amide bonds. The van der Waals surface area contributed by atoms with E-state index in [2.05, 4.69) is 11.9 Å². The van der Waals surface area contributed by atoms with Gasteiger partial charge in [-0.15, -0.1) is 6.58 Å². The number of hydrogen-bond acceptors (Lipinski definition) is 1. The summed E-state index contributed by atoms with van der Waals surface area (Å²) in [4.78, 5) is 0. The Kier molecular flexibility index (Phi) is 5.12. The molecular weight excluding hydrogens is 208 g/mol. The highest BCUT2D eigenvalue weighted by molar-refractivity contribution is 5.21. The zero-order chi connectivity index (χ0) is 12.0. The number of halogens is 2. The molecule has 1 unspecified atom stereocenters. The molecule has 0 bridgehead atoms. The summed E-state index contributed by atoms with van der Waals surface area (Å²) >= 11 is 0. The average molecular weight is 225 g/mol. The molecule has 1 atom stereocenters. The van der Waals surface area contributed by atoms with Gasteiger partial charge in [-0.1, -0.05) is 6.08 Å². The van der Waals surface area contributed by atoms with Crippen LogP contribution in [0.2, 0.25) is 0 Å². The van der Waals surface area contributed by atoms with E-state index in [1.807, 2.05) is 6.08 Å². The summed E-state index contributed by atoms with van der Waals surface area (Å²) in [5, 5.41) is 3.06. The number of allylic oxidation sites excluding steroid dienone is 1. The van der Waals surface area contributed by atoms with E-state index < -0.39 is 11.6 Å². The molecule has 1 N–H and O–H groups in total. The van der Waals surface area contributed by atoms with Gasteiger partial charge in [-0.05, 0) is 44.0 Å². The summed E-state index contributed by atoms with van der Waals surface area (Å²) in [7, 11) is 1.79. The predicted octanol–water partition coefficient (Wildman–Crippen LogP) is 3.58. The van der Waals surface area contributed by atoms with Crippen molar-refractivity contribution >= 4 is 0 Å². The molecular formula is C13H17F2N. The molecule has 0 aliphatic rings. The smallest absolute Gasteiger partial charge is 0.126 e. The molecule has 16 heavy (non-hydrogen) atoms. The van der Waals surface area contributed by atoms with Crippen LogP contribution in [-0.4, -0.2) is 7.05 Å². The lowest BCUT2D eigenvalue weighted by molar-refractivity contribution is 0.515. The van der Waals surface area contributed by atoms with Crippen LogP contribution in [0.4, 0.5) is 8.78 Å². The number of unbranched alkanes of at least 4 members (excludes halogenated alkanes) is 1. The molecule has 1 aromatic carbocycles. The minimum absolute atomic E-state index is 0.00912. The topological polar surface area (TPSA) is 12.0 Å². The second-order valence-electron chi connectivity index (χ2n) is 3.76. The molecule has 0 aliphatic carbocycles. The van der Waals surface area contributed by atoms with E-state index in [0.717, 1.165) is 25.3 Å². The van der Waals surface area contributed by atoms with Crippen LogP contribution in [0.1, 0.15) is 30.9 Å². The highest BCUT2D eigenvalue weighted by Crippen LogP contribution is 2.21. The number of benzene rings is 1. The molecule has 0 heterocycles. The third-order valence-electron chi connectivity index (χ3n) is 2.54. The van der Waals surface area contributed by atoms with Gasteiger partial charge in [-0.2, -0.15) is 0 Å². The van der Waals surface area contributed by atoms with Gasteiger partial charge >= 0.3 is 0 Å². The molecule has 1 aromatic rings. The number of nitrogens with one attached hydrogen (secondary N) is 1. The van der Waals surface area contributed by atoms with Crippen LogP contribution in [0.25, 0.3) is 0 Å². The largest absolute Gasteiger partial charge is 0.313 e. The van der Waals surface area contributed by atoms with E-state index in [1.165, 1.54) is 12.1 Å². The fourth-order valence-electron chi connectivity index (χ4n) is 1.72. The van der Waals surface area contributed by atoms with E-state index >= 15 is 0 Å². The first-order valence-corrected chi connectivity index (χ1v) is 5.41. The Labute approximate surface area is 95.2 Å². The third kappa shape index (κ3) is 3.74. The second-order valence-corrected chi connectivity index (χ2v) is 3.76. The van der Waals surface area contributed by atoms with Crippen molar-refractivity contribution in [3.05, 3.63) is 48.1 Å². The van der Waals surface area contributed by atoms with Gasteiger partial charge in [0.15, 0.2) is 0 Å². The maximum absolute atomic E-state index is 13.0. The molecule has 0 radical (unpaired) electrons. The predicted molar refractivity (Wildman–Crippen MR) is 62.2 cm³/mol. The average Bonchev–Trinajstić information content (AvgIpc) is 2.23. The van der Waals surface area contributed by atoms with Crippen LogP contribution in [0.3, 0.4) is 0 Å². The Morgan fingerprint density at radius 1 is 1.31 bits per heavy atom. The first-order valence-electron chi connectivity index (χ1n) is 5.41. The summed E-state index contributed by atoms with van der Waals surface area (Å²) in [6.07, 6.45) is 4.55. The van der Waals surface area contributed by atoms with Crippen molar-refractivity contribution in [2.75, 3.05) is 7.05 Å². The summed E-state index contributed by atoms with van der Waals surface area (Å²) in [5.74, 6) is -1.06. The molecule has 1 rings (SSSR count). The van der Waals surface area contributed by atoms with E-state index in [0.29, 0.717) is 5.56 Å². The van der Waals surface area contributed by atoms with Crippen LogP contribution in [0.5, 0.6) is 0 Å². The summed E-state index contributed by atoms with van der Waals surface area (Å²) in [5.41, 5.74) is 0.657. The van der Waals surface area contributed by atoms with Gasteiger partial charge in [0.1, 0.15) is 11.6 Å². The van der Waals surface area contributed by atoms with Crippen molar-refractivity contribution in [1.82, 2.24) is 5.32 Å². The maximum Gasteiger partial charge on any atom is 0.126 e. The summed E-state index contributed by atoms with van der Waals surface area (Å²) in [6, 6.07) is 3.63. The fourth-order valence-corrected chi connectivity index (χ4v) is 1.72. The van der Waals surface area contributed by atoms with Gasteiger partial charge < -0.3 is 5.32 Å². The van der Waals surface area contributed by atoms with E-state index in [4.69, 9.17) is 0 Å². The summed E-state index contributed by atoms with van der Waals surface area (Å²) in [6.45, 7) is 3.64. The van der Waals surface area contributed by atoms with Crippen molar-refractivity contribution in [1.29, 1.82) is 0 Å². The molecule has 0 spiro atoms. The molecule has 0 fully saturated rings. The molecule has 1 nitrogen and oxygen atoms in total. The Bertz CT molecular complexity index is 330. The van der Waals surface area contributed by atoms with E-state index in [1.54, 1.807) is 7.05 Å².